The van der Waals surface area contributed by atoms with Crippen LogP contribution in [0.25, 0.3) is 5.70 Å². The second-order valence-corrected chi connectivity index (χ2v) is 7.49. The van der Waals surface area contributed by atoms with Gasteiger partial charge in [0.05, 0.1) is 11.4 Å². The number of halogens is 1. The lowest BCUT2D eigenvalue weighted by Gasteiger charge is -2.26. The maximum Gasteiger partial charge on any atom is 0.211 e. The Hall–Kier alpha value is -2.82. The van der Waals surface area contributed by atoms with E-state index >= 15 is 0 Å². The van der Waals surface area contributed by atoms with Crippen LogP contribution >= 0.6 is 23.4 Å². The molecule has 0 radical (unpaired) electrons. The molecular formula is C23H18ClN3S. The highest BCUT2D eigenvalue weighted by atomic mass is 35.5. The van der Waals surface area contributed by atoms with Gasteiger partial charge >= 0.3 is 0 Å². The van der Waals surface area contributed by atoms with Gasteiger partial charge in [-0.1, -0.05) is 84.0 Å². The molecular weight excluding hydrogens is 386 g/mol. The maximum atomic E-state index is 5.99. The maximum absolute atomic E-state index is 5.99. The third-order valence-electron chi connectivity index (χ3n) is 4.29. The van der Waals surface area contributed by atoms with E-state index in [2.05, 4.69) is 17.5 Å². The van der Waals surface area contributed by atoms with Crippen LogP contribution in [0.2, 0.25) is 5.02 Å². The summed E-state index contributed by atoms with van der Waals surface area (Å²) in [4.78, 5) is 4.74. The Bertz CT molecular complexity index is 1040. The number of amidine groups is 1. The van der Waals surface area contributed by atoms with Gasteiger partial charge < -0.3 is 0 Å². The van der Waals surface area contributed by atoms with Gasteiger partial charge in [-0.25, -0.2) is 10.0 Å². The molecule has 0 fully saturated rings. The largest absolute Gasteiger partial charge is 0.230 e. The standard InChI is InChI=1S/C23H18ClN3S/c1-17(18-12-14-20(24)15-13-18)25-23-26-27(21-10-6-3-7-11-21)22(16-28-23)19-8-4-2-5-9-19/h2-16H,1H3. The van der Waals surface area contributed by atoms with Crippen LogP contribution in [0, 0.1) is 0 Å². The van der Waals surface area contributed by atoms with Crippen LogP contribution in [0.3, 0.4) is 0 Å². The Balaban J connectivity index is 1.70. The van der Waals surface area contributed by atoms with Gasteiger partial charge in [0.25, 0.3) is 0 Å². The highest BCUT2D eigenvalue weighted by Gasteiger charge is 2.19. The number of para-hydroxylation sites is 1. The zero-order valence-corrected chi connectivity index (χ0v) is 16.9. The first-order chi connectivity index (χ1) is 13.7. The summed E-state index contributed by atoms with van der Waals surface area (Å²) in [7, 11) is 0. The van der Waals surface area contributed by atoms with Gasteiger partial charge in [0.2, 0.25) is 5.17 Å². The zero-order valence-electron chi connectivity index (χ0n) is 15.3. The van der Waals surface area contributed by atoms with Crippen molar-refractivity contribution < 1.29 is 0 Å². The fourth-order valence-corrected chi connectivity index (χ4v) is 3.73. The summed E-state index contributed by atoms with van der Waals surface area (Å²) in [5, 5.41) is 10.3. The molecule has 0 atom stereocenters. The van der Waals surface area contributed by atoms with E-state index in [9.17, 15) is 0 Å². The SMILES string of the molecule is CC(=NC1=NN(c2ccccc2)C(c2ccccc2)=CS1)c1ccc(Cl)cc1. The first-order valence-electron chi connectivity index (χ1n) is 8.88. The van der Waals surface area contributed by atoms with Crippen LogP contribution in [0.4, 0.5) is 5.69 Å². The Morgan fingerprint density at radius 1 is 0.893 bits per heavy atom. The summed E-state index contributed by atoms with van der Waals surface area (Å²) in [5.74, 6) is 0. The van der Waals surface area contributed by atoms with Crippen molar-refractivity contribution in [1.29, 1.82) is 0 Å². The van der Waals surface area contributed by atoms with Gasteiger partial charge in [-0.3, -0.25) is 0 Å². The van der Waals surface area contributed by atoms with Crippen molar-refractivity contribution in [2.45, 2.75) is 6.92 Å². The minimum absolute atomic E-state index is 0.691. The number of aliphatic imine (C=N–C) groups is 1. The fraction of sp³-hybridized carbons (Fsp3) is 0.0435. The van der Waals surface area contributed by atoms with Crippen molar-refractivity contribution in [2.24, 2.45) is 10.1 Å². The molecule has 0 saturated carbocycles. The molecule has 0 saturated heterocycles. The lowest BCUT2D eigenvalue weighted by atomic mass is 10.1. The molecule has 1 aliphatic heterocycles. The van der Waals surface area contributed by atoms with Crippen LogP contribution in [-0.4, -0.2) is 10.9 Å². The Morgan fingerprint density at radius 2 is 1.54 bits per heavy atom. The van der Waals surface area contributed by atoms with Gasteiger partial charge in [-0.15, -0.1) is 5.10 Å². The molecule has 138 valence electrons. The number of rotatable bonds is 3. The number of nitrogens with zero attached hydrogens (tertiary/aromatic N) is 3. The van der Waals surface area contributed by atoms with Crippen LogP contribution in [-0.2, 0) is 0 Å². The summed E-state index contributed by atoms with van der Waals surface area (Å²) in [6.45, 7) is 1.98. The van der Waals surface area contributed by atoms with E-state index in [-0.39, 0.29) is 0 Å². The molecule has 0 aliphatic carbocycles. The molecule has 0 N–H and O–H groups in total. The Kier molecular flexibility index (Phi) is 5.60. The quantitative estimate of drug-likeness (QED) is 0.456. The molecule has 0 bridgehead atoms. The lowest BCUT2D eigenvalue weighted by molar-refractivity contribution is 1.09. The molecule has 0 aromatic heterocycles. The van der Waals surface area contributed by atoms with Crippen LogP contribution < -0.4 is 5.01 Å². The third kappa shape index (κ3) is 4.19. The minimum Gasteiger partial charge on any atom is -0.230 e. The fourth-order valence-electron chi connectivity index (χ4n) is 2.83. The van der Waals surface area contributed by atoms with Gasteiger partial charge in [0.15, 0.2) is 0 Å². The molecule has 5 heteroatoms. The van der Waals surface area contributed by atoms with E-state index in [4.69, 9.17) is 21.7 Å². The molecule has 1 heterocycles. The van der Waals surface area contributed by atoms with Gasteiger partial charge in [-0.2, -0.15) is 0 Å². The van der Waals surface area contributed by atoms with E-state index in [1.807, 2.05) is 84.7 Å². The molecule has 3 aromatic carbocycles. The van der Waals surface area contributed by atoms with Crippen molar-refractivity contribution in [2.75, 3.05) is 5.01 Å². The lowest BCUT2D eigenvalue weighted by Crippen LogP contribution is -2.19. The van der Waals surface area contributed by atoms with Crippen LogP contribution in [0.5, 0.6) is 0 Å². The molecule has 0 amide bonds. The van der Waals surface area contributed by atoms with E-state index in [0.717, 1.165) is 28.2 Å². The van der Waals surface area contributed by atoms with E-state index in [1.54, 1.807) is 0 Å². The highest BCUT2D eigenvalue weighted by molar-refractivity contribution is 8.16. The Morgan fingerprint density at radius 3 is 2.21 bits per heavy atom. The molecule has 0 spiro atoms. The monoisotopic (exact) mass is 403 g/mol. The average molecular weight is 404 g/mol. The van der Waals surface area contributed by atoms with Crippen LogP contribution in [0.15, 0.2) is 100 Å². The van der Waals surface area contributed by atoms with Crippen molar-refractivity contribution in [1.82, 2.24) is 0 Å². The number of hydrogen-bond acceptors (Lipinski definition) is 4. The topological polar surface area (TPSA) is 28.0 Å². The number of thioether (sulfide) groups is 1. The average Bonchev–Trinajstić information content (AvgIpc) is 2.75. The summed E-state index contributed by atoms with van der Waals surface area (Å²) in [6.07, 6.45) is 0. The van der Waals surface area contributed by atoms with Crippen molar-refractivity contribution >= 4 is 45.6 Å². The van der Waals surface area contributed by atoms with Crippen molar-refractivity contribution in [3.05, 3.63) is 106 Å². The van der Waals surface area contributed by atoms with Crippen molar-refractivity contribution in [3.8, 4) is 0 Å². The smallest absolute Gasteiger partial charge is 0.211 e. The second-order valence-electron chi connectivity index (χ2n) is 6.22. The molecule has 4 rings (SSSR count). The van der Waals surface area contributed by atoms with Crippen molar-refractivity contribution in [3.63, 3.8) is 0 Å². The molecule has 0 unspecified atom stereocenters. The normalized spacial score (nSPS) is 14.5. The summed E-state index contributed by atoms with van der Waals surface area (Å²) < 4.78 is 0. The zero-order chi connectivity index (χ0) is 19.3. The Labute approximate surface area is 174 Å². The van der Waals surface area contributed by atoms with Gasteiger partial charge in [0.1, 0.15) is 0 Å². The summed E-state index contributed by atoms with van der Waals surface area (Å²) >= 11 is 7.51. The van der Waals surface area contributed by atoms with E-state index in [0.29, 0.717) is 10.2 Å². The first-order valence-corrected chi connectivity index (χ1v) is 10.1. The number of hydrazone groups is 1. The molecule has 28 heavy (non-hydrogen) atoms. The summed E-state index contributed by atoms with van der Waals surface area (Å²) in [6, 6.07) is 28.1. The van der Waals surface area contributed by atoms with Crippen LogP contribution in [0.1, 0.15) is 18.1 Å². The predicted octanol–water partition coefficient (Wildman–Crippen LogP) is 6.67. The minimum atomic E-state index is 0.691. The second kappa shape index (κ2) is 8.46. The third-order valence-corrected chi connectivity index (χ3v) is 5.26. The highest BCUT2D eigenvalue weighted by Crippen LogP contribution is 2.33. The number of anilines is 1. The van der Waals surface area contributed by atoms with E-state index in [1.165, 1.54) is 11.8 Å². The number of benzene rings is 3. The van der Waals surface area contributed by atoms with Gasteiger partial charge in [0, 0.05) is 21.7 Å². The molecule has 3 nitrogen and oxygen atoms in total. The first kappa shape index (κ1) is 18.5. The predicted molar refractivity (Wildman–Crippen MR) is 122 cm³/mol. The number of hydrogen-bond donors (Lipinski definition) is 0. The van der Waals surface area contributed by atoms with E-state index < -0.39 is 0 Å². The molecule has 1 aliphatic rings. The molecule has 3 aromatic rings. The van der Waals surface area contributed by atoms with Gasteiger partial charge in [-0.05, 0) is 36.8 Å². The summed E-state index contributed by atoms with van der Waals surface area (Å²) in [5.41, 5.74) is 5.05.